The molecule has 0 aliphatic carbocycles. The Morgan fingerprint density at radius 1 is 1.19 bits per heavy atom. The molecule has 110 valence electrons. The molecule has 0 radical (unpaired) electrons. The Morgan fingerprint density at radius 3 is 2.57 bits per heavy atom. The quantitative estimate of drug-likeness (QED) is 0.888. The van der Waals surface area contributed by atoms with Crippen LogP contribution in [0.25, 0.3) is 0 Å². The lowest BCUT2D eigenvalue weighted by atomic mass is 10.2. The Hall–Kier alpha value is -2.01. The minimum absolute atomic E-state index is 0.0126. The van der Waals surface area contributed by atoms with E-state index in [0.29, 0.717) is 0 Å². The highest BCUT2D eigenvalue weighted by molar-refractivity contribution is 7.12. The Morgan fingerprint density at radius 2 is 1.95 bits per heavy atom. The number of anilines is 2. The van der Waals surface area contributed by atoms with Crippen molar-refractivity contribution in [3.63, 3.8) is 0 Å². The highest BCUT2D eigenvalue weighted by Gasteiger charge is 2.20. The number of hydrogen-bond acceptors (Lipinski definition) is 3. The van der Waals surface area contributed by atoms with Crippen molar-refractivity contribution in [2.24, 2.45) is 0 Å². The van der Waals surface area contributed by atoms with Crippen molar-refractivity contribution in [2.45, 2.75) is 19.9 Å². The molecule has 1 aromatic carbocycles. The molecular weight excluding hydrogens is 282 g/mol. The normalized spacial score (nSPS) is 14.3. The van der Waals surface area contributed by atoms with Crippen molar-refractivity contribution in [3.8, 4) is 0 Å². The summed E-state index contributed by atoms with van der Waals surface area (Å²) >= 11 is 1.85. The zero-order valence-electron chi connectivity index (χ0n) is 12.1. The van der Waals surface area contributed by atoms with Crippen LogP contribution in [0.1, 0.15) is 16.7 Å². The molecule has 2 amide bonds. The molecule has 0 spiro atoms. The Labute approximate surface area is 128 Å². The third-order valence-electron chi connectivity index (χ3n) is 3.57. The molecule has 5 heteroatoms. The number of nitrogens with zero attached hydrogens (tertiary/aromatic N) is 1. The first-order valence-corrected chi connectivity index (χ1v) is 8.05. The molecule has 2 N–H and O–H groups in total. The van der Waals surface area contributed by atoms with Crippen LogP contribution in [0.5, 0.6) is 0 Å². The second-order valence-electron chi connectivity index (χ2n) is 5.01. The minimum Gasteiger partial charge on any atom is -0.380 e. The van der Waals surface area contributed by atoms with E-state index in [-0.39, 0.29) is 6.03 Å². The molecule has 4 nitrogen and oxygen atoms in total. The molecule has 0 atom stereocenters. The lowest BCUT2D eigenvalue weighted by Gasteiger charge is -2.14. The van der Waals surface area contributed by atoms with Crippen molar-refractivity contribution < 1.29 is 4.79 Å². The van der Waals surface area contributed by atoms with Gasteiger partial charge in [-0.1, -0.05) is 6.92 Å². The van der Waals surface area contributed by atoms with Crippen LogP contribution in [-0.2, 0) is 13.0 Å². The summed E-state index contributed by atoms with van der Waals surface area (Å²) in [5.41, 5.74) is 2.02. The number of hydrogen-bond donors (Lipinski definition) is 2. The summed E-state index contributed by atoms with van der Waals surface area (Å²) in [5.74, 6) is 0. The summed E-state index contributed by atoms with van der Waals surface area (Å²) < 4.78 is 0. The van der Waals surface area contributed by atoms with Gasteiger partial charge in [0.25, 0.3) is 0 Å². The third kappa shape index (κ3) is 3.19. The number of benzene rings is 1. The van der Waals surface area contributed by atoms with Crippen molar-refractivity contribution in [1.29, 1.82) is 0 Å². The van der Waals surface area contributed by atoms with Gasteiger partial charge in [0, 0.05) is 40.8 Å². The van der Waals surface area contributed by atoms with Gasteiger partial charge in [-0.25, -0.2) is 4.79 Å². The minimum atomic E-state index is -0.0126. The van der Waals surface area contributed by atoms with Gasteiger partial charge >= 0.3 is 6.03 Å². The fraction of sp³-hybridized carbons (Fsp3) is 0.312. The molecular formula is C16H19N3OS. The Kier molecular flexibility index (Phi) is 4.10. The van der Waals surface area contributed by atoms with Gasteiger partial charge in [-0.2, -0.15) is 0 Å². The van der Waals surface area contributed by atoms with Crippen molar-refractivity contribution >= 4 is 28.7 Å². The maximum Gasteiger partial charge on any atom is 0.321 e. The van der Waals surface area contributed by atoms with Gasteiger partial charge in [0.05, 0.1) is 0 Å². The zero-order chi connectivity index (χ0) is 14.7. The molecule has 2 aromatic rings. The Balaban J connectivity index is 1.60. The van der Waals surface area contributed by atoms with Crippen molar-refractivity contribution in [2.75, 3.05) is 23.3 Å². The van der Waals surface area contributed by atoms with Gasteiger partial charge in [0.15, 0.2) is 0 Å². The standard InChI is InChI=1S/C16H19N3OS/c1-2-14-7-8-15(21-14)11-18-12-3-5-13(6-4-12)19-10-9-17-16(19)20/h3-8,18H,2,9-11H2,1H3,(H,17,20). The maximum absolute atomic E-state index is 11.6. The zero-order valence-corrected chi connectivity index (χ0v) is 12.9. The molecule has 21 heavy (non-hydrogen) atoms. The van der Waals surface area contributed by atoms with Crippen LogP contribution < -0.4 is 15.5 Å². The summed E-state index contributed by atoms with van der Waals surface area (Å²) in [4.78, 5) is 16.1. The fourth-order valence-electron chi connectivity index (χ4n) is 2.37. The number of thiophene rings is 1. The van der Waals surface area contributed by atoms with E-state index in [1.807, 2.05) is 35.6 Å². The lowest BCUT2D eigenvalue weighted by Crippen LogP contribution is -2.27. The lowest BCUT2D eigenvalue weighted by molar-refractivity contribution is 0.252. The summed E-state index contributed by atoms with van der Waals surface area (Å²) in [6.45, 7) is 4.47. The SMILES string of the molecule is CCc1ccc(CNc2ccc(N3CCNC3=O)cc2)s1. The molecule has 3 rings (SSSR count). The molecule has 0 saturated carbocycles. The average molecular weight is 301 g/mol. The van der Waals surface area contributed by atoms with Crippen molar-refractivity contribution in [1.82, 2.24) is 5.32 Å². The first-order chi connectivity index (χ1) is 10.3. The summed E-state index contributed by atoms with van der Waals surface area (Å²) in [5, 5.41) is 6.23. The highest BCUT2D eigenvalue weighted by Crippen LogP contribution is 2.21. The van der Waals surface area contributed by atoms with E-state index in [9.17, 15) is 4.79 Å². The van der Waals surface area contributed by atoms with E-state index in [0.717, 1.165) is 37.4 Å². The summed E-state index contributed by atoms with van der Waals surface area (Å²) in [6.07, 6.45) is 1.09. The van der Waals surface area contributed by atoms with E-state index < -0.39 is 0 Å². The first-order valence-electron chi connectivity index (χ1n) is 7.23. The predicted octanol–water partition coefficient (Wildman–Crippen LogP) is 3.45. The van der Waals surface area contributed by atoms with Crippen LogP contribution in [-0.4, -0.2) is 19.1 Å². The number of aryl methyl sites for hydroxylation is 1. The number of urea groups is 1. The molecule has 1 aromatic heterocycles. The van der Waals surface area contributed by atoms with Crippen LogP contribution >= 0.6 is 11.3 Å². The number of nitrogens with one attached hydrogen (secondary N) is 2. The molecule has 2 heterocycles. The number of rotatable bonds is 5. The number of carbonyl (C=O) groups is 1. The van der Waals surface area contributed by atoms with Crippen LogP contribution in [0.3, 0.4) is 0 Å². The van der Waals surface area contributed by atoms with Gasteiger partial charge < -0.3 is 10.6 Å². The molecule has 0 unspecified atom stereocenters. The van der Waals surface area contributed by atoms with Gasteiger partial charge in [-0.3, -0.25) is 4.90 Å². The third-order valence-corrected chi connectivity index (χ3v) is 4.80. The van der Waals surface area contributed by atoms with Crippen LogP contribution in [0.2, 0.25) is 0 Å². The molecule has 1 aliphatic rings. The predicted molar refractivity (Wildman–Crippen MR) is 88.2 cm³/mol. The van der Waals surface area contributed by atoms with Crippen LogP contribution in [0, 0.1) is 0 Å². The second-order valence-corrected chi connectivity index (χ2v) is 6.26. The maximum atomic E-state index is 11.6. The average Bonchev–Trinajstić information content (AvgIpc) is 3.14. The van der Waals surface area contributed by atoms with Crippen molar-refractivity contribution in [3.05, 3.63) is 46.2 Å². The van der Waals surface area contributed by atoms with Crippen LogP contribution in [0.15, 0.2) is 36.4 Å². The largest absolute Gasteiger partial charge is 0.380 e. The summed E-state index contributed by atoms with van der Waals surface area (Å²) in [7, 11) is 0. The van der Waals surface area contributed by atoms with Crippen LogP contribution in [0.4, 0.5) is 16.2 Å². The topological polar surface area (TPSA) is 44.4 Å². The molecule has 0 bridgehead atoms. The highest BCUT2D eigenvalue weighted by atomic mass is 32.1. The smallest absolute Gasteiger partial charge is 0.321 e. The number of amides is 2. The van der Waals surface area contributed by atoms with E-state index in [1.54, 1.807) is 4.90 Å². The van der Waals surface area contributed by atoms with Gasteiger partial charge in [0.2, 0.25) is 0 Å². The molecule has 1 saturated heterocycles. The van der Waals surface area contributed by atoms with Gasteiger partial charge in [-0.15, -0.1) is 11.3 Å². The van der Waals surface area contributed by atoms with Gasteiger partial charge in [-0.05, 0) is 42.8 Å². The van der Waals surface area contributed by atoms with E-state index in [4.69, 9.17) is 0 Å². The number of carbonyl (C=O) groups excluding carboxylic acids is 1. The monoisotopic (exact) mass is 301 g/mol. The van der Waals surface area contributed by atoms with E-state index >= 15 is 0 Å². The second kappa shape index (κ2) is 6.18. The first kappa shape index (κ1) is 13.9. The van der Waals surface area contributed by atoms with E-state index in [2.05, 4.69) is 29.7 Å². The van der Waals surface area contributed by atoms with Gasteiger partial charge in [0.1, 0.15) is 0 Å². The Bertz CT molecular complexity index is 621. The molecule has 1 fully saturated rings. The van der Waals surface area contributed by atoms with E-state index in [1.165, 1.54) is 9.75 Å². The summed E-state index contributed by atoms with van der Waals surface area (Å²) in [6, 6.07) is 12.4. The molecule has 1 aliphatic heterocycles. The fourth-order valence-corrected chi connectivity index (χ4v) is 3.27.